The lowest BCUT2D eigenvalue weighted by atomic mass is 9.96. The van der Waals surface area contributed by atoms with Gasteiger partial charge < -0.3 is 15.8 Å². The summed E-state index contributed by atoms with van der Waals surface area (Å²) in [4.78, 5) is 8.72. The van der Waals surface area contributed by atoms with Crippen LogP contribution < -0.4 is 11.1 Å². The molecule has 19 heavy (non-hydrogen) atoms. The fraction of sp³-hybridized carbons (Fsp3) is 0.692. The Morgan fingerprint density at radius 1 is 1.42 bits per heavy atom. The SMILES string of the molecule is CC(C)(C)c1nc(Cl)c(N)c(NCC2CCCO2)n1. The molecule has 2 rings (SSSR count). The van der Waals surface area contributed by atoms with Gasteiger partial charge in [0.15, 0.2) is 11.0 Å². The summed E-state index contributed by atoms with van der Waals surface area (Å²) in [6.45, 7) is 7.65. The molecule has 1 aromatic heterocycles. The average Bonchev–Trinajstić information content (AvgIpc) is 2.82. The van der Waals surface area contributed by atoms with Gasteiger partial charge in [-0.1, -0.05) is 32.4 Å². The van der Waals surface area contributed by atoms with Gasteiger partial charge in [0, 0.05) is 18.6 Å². The maximum atomic E-state index is 6.07. The number of anilines is 2. The van der Waals surface area contributed by atoms with Crippen LogP contribution in [0.15, 0.2) is 0 Å². The van der Waals surface area contributed by atoms with Gasteiger partial charge in [0.25, 0.3) is 0 Å². The first-order chi connectivity index (χ1) is 8.88. The third-order valence-electron chi connectivity index (χ3n) is 3.09. The van der Waals surface area contributed by atoms with Crippen LogP contribution in [-0.4, -0.2) is 29.2 Å². The predicted molar refractivity (Wildman–Crippen MR) is 77.6 cm³/mol. The van der Waals surface area contributed by atoms with Crippen molar-refractivity contribution in [1.82, 2.24) is 9.97 Å². The summed E-state index contributed by atoms with van der Waals surface area (Å²) in [6, 6.07) is 0. The molecule has 6 heteroatoms. The van der Waals surface area contributed by atoms with Crippen molar-refractivity contribution >= 4 is 23.1 Å². The lowest BCUT2D eigenvalue weighted by Gasteiger charge is -2.20. The van der Waals surface area contributed by atoms with Crippen LogP contribution in [0.4, 0.5) is 11.5 Å². The molecule has 0 aliphatic carbocycles. The van der Waals surface area contributed by atoms with Gasteiger partial charge in [-0.05, 0) is 12.8 Å². The van der Waals surface area contributed by atoms with Gasteiger partial charge in [-0.2, -0.15) is 0 Å². The topological polar surface area (TPSA) is 73.1 Å². The molecule has 1 saturated heterocycles. The van der Waals surface area contributed by atoms with E-state index in [4.69, 9.17) is 22.1 Å². The molecule has 1 atom stereocenters. The summed E-state index contributed by atoms with van der Waals surface area (Å²) < 4.78 is 5.56. The van der Waals surface area contributed by atoms with E-state index in [2.05, 4.69) is 15.3 Å². The average molecular weight is 285 g/mol. The zero-order valence-electron chi connectivity index (χ0n) is 11.7. The van der Waals surface area contributed by atoms with Gasteiger partial charge in [0.2, 0.25) is 0 Å². The number of ether oxygens (including phenoxy) is 1. The molecule has 5 nitrogen and oxygen atoms in total. The smallest absolute Gasteiger partial charge is 0.157 e. The van der Waals surface area contributed by atoms with Crippen LogP contribution in [-0.2, 0) is 10.2 Å². The molecule has 3 N–H and O–H groups in total. The van der Waals surface area contributed by atoms with Gasteiger partial charge in [0.1, 0.15) is 11.5 Å². The molecule has 1 fully saturated rings. The summed E-state index contributed by atoms with van der Waals surface area (Å²) in [5, 5.41) is 3.52. The Kier molecular flexibility index (Phi) is 4.16. The minimum Gasteiger partial charge on any atom is -0.393 e. The van der Waals surface area contributed by atoms with Crippen molar-refractivity contribution in [3.8, 4) is 0 Å². The predicted octanol–water partition coefficient (Wildman–Crippen LogP) is 2.60. The molecule has 1 aliphatic rings. The third kappa shape index (κ3) is 3.48. The second-order valence-electron chi connectivity index (χ2n) is 5.87. The molecule has 0 bridgehead atoms. The van der Waals surface area contributed by atoms with Crippen molar-refractivity contribution < 1.29 is 4.74 Å². The van der Waals surface area contributed by atoms with E-state index in [0.29, 0.717) is 29.0 Å². The van der Waals surface area contributed by atoms with Crippen LogP contribution in [0.1, 0.15) is 39.4 Å². The van der Waals surface area contributed by atoms with Gasteiger partial charge in [-0.15, -0.1) is 0 Å². The Morgan fingerprint density at radius 3 is 2.74 bits per heavy atom. The molecule has 0 spiro atoms. The third-order valence-corrected chi connectivity index (χ3v) is 3.38. The Morgan fingerprint density at radius 2 is 2.16 bits per heavy atom. The highest BCUT2D eigenvalue weighted by atomic mass is 35.5. The van der Waals surface area contributed by atoms with E-state index >= 15 is 0 Å². The quantitative estimate of drug-likeness (QED) is 0.835. The number of hydrogen-bond donors (Lipinski definition) is 2. The van der Waals surface area contributed by atoms with Crippen LogP contribution in [0.3, 0.4) is 0 Å². The van der Waals surface area contributed by atoms with Crippen molar-refractivity contribution in [1.29, 1.82) is 0 Å². The minimum atomic E-state index is -0.169. The van der Waals surface area contributed by atoms with Crippen molar-refractivity contribution in [2.75, 3.05) is 24.2 Å². The largest absolute Gasteiger partial charge is 0.393 e. The first kappa shape index (κ1) is 14.3. The molecule has 0 saturated carbocycles. The van der Waals surface area contributed by atoms with Crippen LogP contribution >= 0.6 is 11.6 Å². The maximum absolute atomic E-state index is 6.07. The van der Waals surface area contributed by atoms with E-state index in [1.807, 2.05) is 20.8 Å². The van der Waals surface area contributed by atoms with Crippen molar-refractivity contribution in [3.05, 3.63) is 11.0 Å². The first-order valence-electron chi connectivity index (χ1n) is 6.57. The molecular formula is C13H21ClN4O. The molecule has 0 aromatic carbocycles. The van der Waals surface area contributed by atoms with Crippen LogP contribution in [0.2, 0.25) is 5.15 Å². The lowest BCUT2D eigenvalue weighted by Crippen LogP contribution is -2.22. The van der Waals surface area contributed by atoms with Crippen molar-refractivity contribution in [2.45, 2.75) is 45.1 Å². The highest BCUT2D eigenvalue weighted by molar-refractivity contribution is 6.32. The normalized spacial score (nSPS) is 19.7. The van der Waals surface area contributed by atoms with Crippen molar-refractivity contribution in [2.24, 2.45) is 0 Å². The van der Waals surface area contributed by atoms with Crippen LogP contribution in [0, 0.1) is 0 Å². The Hall–Kier alpha value is -1.07. The fourth-order valence-corrected chi connectivity index (χ4v) is 2.10. The molecule has 0 radical (unpaired) electrons. The van der Waals surface area contributed by atoms with Gasteiger partial charge in [0.05, 0.1) is 6.10 Å². The zero-order chi connectivity index (χ0) is 14.0. The number of nitrogens with two attached hydrogens (primary N) is 1. The number of aromatic nitrogens is 2. The molecular weight excluding hydrogens is 264 g/mol. The second kappa shape index (κ2) is 5.51. The number of rotatable bonds is 3. The van der Waals surface area contributed by atoms with Crippen molar-refractivity contribution in [3.63, 3.8) is 0 Å². The maximum Gasteiger partial charge on any atom is 0.157 e. The molecule has 1 aromatic rings. The van der Waals surface area contributed by atoms with E-state index < -0.39 is 0 Å². The zero-order valence-corrected chi connectivity index (χ0v) is 12.4. The second-order valence-corrected chi connectivity index (χ2v) is 6.22. The summed E-state index contributed by atoms with van der Waals surface area (Å²) in [5.74, 6) is 1.28. The first-order valence-corrected chi connectivity index (χ1v) is 6.94. The van der Waals surface area contributed by atoms with Gasteiger partial charge in [-0.25, -0.2) is 9.97 Å². The number of nitrogens with zero attached hydrogens (tertiary/aromatic N) is 2. The van der Waals surface area contributed by atoms with E-state index in [0.717, 1.165) is 19.4 Å². The van der Waals surface area contributed by atoms with Crippen LogP contribution in [0.25, 0.3) is 0 Å². The standard InChI is InChI=1S/C13H21ClN4O/c1-13(2,3)12-17-10(14)9(15)11(18-12)16-7-8-5-4-6-19-8/h8H,4-7,15H2,1-3H3,(H,16,17,18). The minimum absolute atomic E-state index is 0.169. The monoisotopic (exact) mass is 284 g/mol. The van der Waals surface area contributed by atoms with E-state index in [1.54, 1.807) is 0 Å². The molecule has 1 aliphatic heterocycles. The summed E-state index contributed by atoms with van der Waals surface area (Å²) in [6.07, 6.45) is 2.41. The Balaban J connectivity index is 2.16. The van der Waals surface area contributed by atoms with Gasteiger partial charge >= 0.3 is 0 Å². The molecule has 0 amide bonds. The molecule has 106 valence electrons. The van der Waals surface area contributed by atoms with E-state index in [1.165, 1.54) is 0 Å². The Labute approximate surface area is 118 Å². The number of nitrogens with one attached hydrogen (secondary N) is 1. The van der Waals surface area contributed by atoms with E-state index in [-0.39, 0.29) is 11.5 Å². The van der Waals surface area contributed by atoms with Crippen LogP contribution in [0.5, 0.6) is 0 Å². The number of halogens is 1. The lowest BCUT2D eigenvalue weighted by molar-refractivity contribution is 0.120. The molecule has 1 unspecified atom stereocenters. The number of nitrogen functional groups attached to an aromatic ring is 1. The summed E-state index contributed by atoms with van der Waals surface area (Å²) >= 11 is 6.07. The number of hydrogen-bond acceptors (Lipinski definition) is 5. The summed E-state index contributed by atoms with van der Waals surface area (Å²) in [5.41, 5.74) is 6.15. The summed E-state index contributed by atoms with van der Waals surface area (Å²) in [7, 11) is 0. The van der Waals surface area contributed by atoms with E-state index in [9.17, 15) is 0 Å². The van der Waals surface area contributed by atoms with Gasteiger partial charge in [-0.3, -0.25) is 0 Å². The molecule has 2 heterocycles. The Bertz CT molecular complexity index is 453. The highest BCUT2D eigenvalue weighted by Crippen LogP contribution is 2.28. The highest BCUT2D eigenvalue weighted by Gasteiger charge is 2.22. The fourth-order valence-electron chi connectivity index (χ4n) is 1.93.